The maximum atomic E-state index is 13.7. The van der Waals surface area contributed by atoms with Crippen LogP contribution in [0.2, 0.25) is 0 Å². The Morgan fingerprint density at radius 1 is 1.29 bits per heavy atom. The lowest BCUT2D eigenvalue weighted by Crippen LogP contribution is -2.47. The van der Waals surface area contributed by atoms with Crippen molar-refractivity contribution in [1.82, 2.24) is 10.6 Å². The molecule has 1 aliphatic carbocycles. The first-order valence-corrected chi connectivity index (χ1v) is 7.04. The summed E-state index contributed by atoms with van der Waals surface area (Å²) in [5.74, 6) is -2.31. The Kier molecular flexibility index (Phi) is 4.77. The minimum atomic E-state index is -0.778. The van der Waals surface area contributed by atoms with Crippen LogP contribution in [0.3, 0.4) is 0 Å². The number of phenols is 1. The molecular weight excluding hydrogens is 275 g/mol. The number of carbonyl (C=O) groups is 2. The molecule has 2 atom stereocenters. The molecule has 0 aliphatic heterocycles. The van der Waals surface area contributed by atoms with Gasteiger partial charge in [0, 0.05) is 13.1 Å². The van der Waals surface area contributed by atoms with Crippen molar-refractivity contribution in [2.45, 2.75) is 31.7 Å². The Morgan fingerprint density at radius 2 is 2.00 bits per heavy atom. The van der Waals surface area contributed by atoms with Crippen molar-refractivity contribution in [3.05, 3.63) is 29.6 Å². The number of carbonyl (C=O) groups excluding carboxylic acids is 2. The third-order valence-corrected chi connectivity index (χ3v) is 3.88. The summed E-state index contributed by atoms with van der Waals surface area (Å²) in [6.45, 7) is 0. The van der Waals surface area contributed by atoms with Crippen LogP contribution in [0.1, 0.15) is 36.0 Å². The second kappa shape index (κ2) is 6.56. The predicted molar refractivity (Wildman–Crippen MR) is 75.3 cm³/mol. The summed E-state index contributed by atoms with van der Waals surface area (Å²) in [5, 5.41) is 14.9. The second-order valence-corrected chi connectivity index (χ2v) is 5.22. The Balaban J connectivity index is 2.15. The van der Waals surface area contributed by atoms with Gasteiger partial charge >= 0.3 is 0 Å². The van der Waals surface area contributed by atoms with E-state index >= 15 is 0 Å². The topological polar surface area (TPSA) is 78.4 Å². The molecule has 0 heterocycles. The molecule has 0 saturated heterocycles. The van der Waals surface area contributed by atoms with Gasteiger partial charge in [0.15, 0.2) is 0 Å². The zero-order valence-electron chi connectivity index (χ0n) is 11.9. The molecule has 0 spiro atoms. The van der Waals surface area contributed by atoms with Crippen molar-refractivity contribution in [3.8, 4) is 5.75 Å². The predicted octanol–water partition coefficient (Wildman–Crippen LogP) is 1.57. The largest absolute Gasteiger partial charge is 0.507 e. The van der Waals surface area contributed by atoms with Gasteiger partial charge < -0.3 is 15.7 Å². The third kappa shape index (κ3) is 3.32. The van der Waals surface area contributed by atoms with Crippen LogP contribution in [0.15, 0.2) is 18.2 Å². The van der Waals surface area contributed by atoms with Gasteiger partial charge in [0.25, 0.3) is 5.91 Å². The fraction of sp³-hybridized carbons (Fsp3) is 0.467. The summed E-state index contributed by atoms with van der Waals surface area (Å²) in [4.78, 5) is 24.0. The van der Waals surface area contributed by atoms with Crippen LogP contribution in [-0.2, 0) is 4.79 Å². The zero-order chi connectivity index (χ0) is 15.4. The van der Waals surface area contributed by atoms with E-state index in [1.54, 1.807) is 7.05 Å². The highest BCUT2D eigenvalue weighted by Gasteiger charge is 2.32. The summed E-state index contributed by atoms with van der Waals surface area (Å²) in [6, 6.07) is 3.36. The molecule has 0 aromatic heterocycles. The minimum Gasteiger partial charge on any atom is -0.507 e. The first kappa shape index (κ1) is 15.3. The number of hydrogen-bond donors (Lipinski definition) is 3. The van der Waals surface area contributed by atoms with E-state index in [0.29, 0.717) is 12.8 Å². The van der Waals surface area contributed by atoms with Gasteiger partial charge in [-0.05, 0) is 25.0 Å². The summed E-state index contributed by atoms with van der Waals surface area (Å²) < 4.78 is 13.7. The van der Waals surface area contributed by atoms with Gasteiger partial charge in [-0.2, -0.15) is 0 Å². The molecule has 6 heteroatoms. The standard InChI is InChI=1S/C15H19FN2O3/c1-17-14(20)9-5-2-3-7-11(9)18-15(21)13-10(16)6-4-8-12(13)19/h4,6,8-9,11,19H,2-3,5,7H2,1H3,(H,17,20)(H,18,21)/t9-,11+/m1/s1. The number of amides is 2. The van der Waals surface area contributed by atoms with Crippen molar-refractivity contribution < 1.29 is 19.1 Å². The lowest BCUT2D eigenvalue weighted by atomic mass is 9.83. The summed E-state index contributed by atoms with van der Waals surface area (Å²) in [5.41, 5.74) is -0.376. The minimum absolute atomic E-state index is 0.127. The molecule has 1 saturated carbocycles. The normalized spacial score (nSPS) is 21.6. The highest BCUT2D eigenvalue weighted by atomic mass is 19.1. The highest BCUT2D eigenvalue weighted by Crippen LogP contribution is 2.26. The van der Waals surface area contributed by atoms with Gasteiger partial charge in [0.05, 0.1) is 5.92 Å². The van der Waals surface area contributed by atoms with E-state index in [0.717, 1.165) is 18.9 Å². The van der Waals surface area contributed by atoms with Crippen molar-refractivity contribution in [2.24, 2.45) is 5.92 Å². The van der Waals surface area contributed by atoms with Crippen LogP contribution in [-0.4, -0.2) is 30.0 Å². The van der Waals surface area contributed by atoms with Crippen LogP contribution in [0.4, 0.5) is 4.39 Å². The molecule has 1 fully saturated rings. The molecule has 0 bridgehead atoms. The molecule has 1 aromatic rings. The average molecular weight is 294 g/mol. The Labute approximate surface area is 122 Å². The van der Waals surface area contributed by atoms with E-state index in [1.165, 1.54) is 12.1 Å². The van der Waals surface area contributed by atoms with Crippen molar-refractivity contribution in [2.75, 3.05) is 7.05 Å². The van der Waals surface area contributed by atoms with Crippen LogP contribution in [0.25, 0.3) is 0 Å². The second-order valence-electron chi connectivity index (χ2n) is 5.22. The van der Waals surface area contributed by atoms with Crippen LogP contribution in [0, 0.1) is 11.7 Å². The summed E-state index contributed by atoms with van der Waals surface area (Å²) in [7, 11) is 1.55. The van der Waals surface area contributed by atoms with E-state index in [9.17, 15) is 19.1 Å². The third-order valence-electron chi connectivity index (χ3n) is 3.88. The van der Waals surface area contributed by atoms with Crippen molar-refractivity contribution >= 4 is 11.8 Å². The monoisotopic (exact) mass is 294 g/mol. The molecule has 2 amide bonds. The highest BCUT2D eigenvalue weighted by molar-refractivity contribution is 5.97. The first-order chi connectivity index (χ1) is 10.0. The fourth-order valence-electron chi connectivity index (χ4n) is 2.78. The van der Waals surface area contributed by atoms with Gasteiger partial charge in [-0.1, -0.05) is 18.9 Å². The van der Waals surface area contributed by atoms with Crippen LogP contribution >= 0.6 is 0 Å². The quantitative estimate of drug-likeness (QED) is 0.791. The SMILES string of the molecule is CNC(=O)[C@@H]1CCCC[C@@H]1NC(=O)c1c(O)cccc1F. The molecule has 3 N–H and O–H groups in total. The number of aromatic hydroxyl groups is 1. The molecule has 21 heavy (non-hydrogen) atoms. The molecule has 5 nitrogen and oxygen atoms in total. The Hall–Kier alpha value is -2.11. The van der Waals surface area contributed by atoms with Gasteiger partial charge in [-0.25, -0.2) is 4.39 Å². The number of hydrogen-bond acceptors (Lipinski definition) is 3. The number of halogens is 1. The number of nitrogens with one attached hydrogen (secondary N) is 2. The first-order valence-electron chi connectivity index (χ1n) is 7.04. The van der Waals surface area contributed by atoms with Gasteiger partial charge in [-0.15, -0.1) is 0 Å². The van der Waals surface area contributed by atoms with Gasteiger partial charge in [-0.3, -0.25) is 9.59 Å². The number of benzene rings is 1. The molecule has 0 radical (unpaired) electrons. The summed E-state index contributed by atoms with van der Waals surface area (Å²) in [6.07, 6.45) is 3.18. The average Bonchev–Trinajstić information content (AvgIpc) is 2.47. The van der Waals surface area contributed by atoms with E-state index in [1.807, 2.05) is 0 Å². The lowest BCUT2D eigenvalue weighted by Gasteiger charge is -2.31. The molecule has 2 rings (SSSR count). The lowest BCUT2D eigenvalue weighted by molar-refractivity contribution is -0.126. The van der Waals surface area contributed by atoms with Crippen molar-refractivity contribution in [1.29, 1.82) is 0 Å². The molecule has 0 unspecified atom stereocenters. The summed E-state index contributed by atoms with van der Waals surface area (Å²) >= 11 is 0. The molecule has 1 aromatic carbocycles. The van der Waals surface area contributed by atoms with E-state index in [4.69, 9.17) is 0 Å². The maximum absolute atomic E-state index is 13.7. The van der Waals surface area contributed by atoms with Crippen molar-refractivity contribution in [3.63, 3.8) is 0 Å². The molecule has 114 valence electrons. The van der Waals surface area contributed by atoms with E-state index in [2.05, 4.69) is 10.6 Å². The number of rotatable bonds is 3. The van der Waals surface area contributed by atoms with Crippen LogP contribution < -0.4 is 10.6 Å². The smallest absolute Gasteiger partial charge is 0.258 e. The Morgan fingerprint density at radius 3 is 2.67 bits per heavy atom. The van der Waals surface area contributed by atoms with Gasteiger partial charge in [0.1, 0.15) is 17.1 Å². The molecule has 1 aliphatic rings. The number of phenolic OH excluding ortho intramolecular Hbond substituents is 1. The van der Waals surface area contributed by atoms with Crippen LogP contribution in [0.5, 0.6) is 5.75 Å². The molecular formula is C15H19FN2O3. The zero-order valence-corrected chi connectivity index (χ0v) is 11.9. The van der Waals surface area contributed by atoms with Gasteiger partial charge in [0.2, 0.25) is 5.91 Å². The van der Waals surface area contributed by atoms with E-state index < -0.39 is 17.5 Å². The maximum Gasteiger partial charge on any atom is 0.258 e. The van der Waals surface area contributed by atoms with E-state index in [-0.39, 0.29) is 23.4 Å². The fourth-order valence-corrected chi connectivity index (χ4v) is 2.78. The Bertz CT molecular complexity index is 527.